The molecule has 0 radical (unpaired) electrons. The number of piperidine rings is 1. The number of nitrogens with zero attached hydrogens (tertiary/aromatic N) is 1. The number of likely N-dealkylation sites (tertiary alicyclic amines) is 1. The fourth-order valence-corrected chi connectivity index (χ4v) is 3.65. The molecule has 1 saturated heterocycles. The van der Waals surface area contributed by atoms with Crippen molar-refractivity contribution >= 4 is 0 Å². The summed E-state index contributed by atoms with van der Waals surface area (Å²) in [5.41, 5.74) is 1.99. The van der Waals surface area contributed by atoms with Crippen molar-refractivity contribution < 1.29 is 5.11 Å². The van der Waals surface area contributed by atoms with E-state index in [0.29, 0.717) is 0 Å². The Morgan fingerprint density at radius 1 is 0.909 bits per heavy atom. The van der Waals surface area contributed by atoms with Gasteiger partial charge in [-0.3, -0.25) is 4.90 Å². The van der Waals surface area contributed by atoms with Gasteiger partial charge < -0.3 is 5.11 Å². The van der Waals surface area contributed by atoms with Crippen molar-refractivity contribution in [2.24, 2.45) is 0 Å². The Balaban J connectivity index is 1.97. The predicted octanol–water partition coefficient (Wildman–Crippen LogP) is 4.34. The summed E-state index contributed by atoms with van der Waals surface area (Å²) in [6.07, 6.45) is 2.40. The van der Waals surface area contributed by atoms with Crippen LogP contribution in [0.1, 0.15) is 49.4 Å². The van der Waals surface area contributed by atoms with Crippen LogP contribution in [0.15, 0.2) is 60.7 Å². The van der Waals surface area contributed by atoms with Crippen molar-refractivity contribution in [1.29, 1.82) is 0 Å². The molecule has 0 amide bonds. The highest BCUT2D eigenvalue weighted by molar-refractivity contribution is 5.25. The predicted molar refractivity (Wildman–Crippen MR) is 90.6 cm³/mol. The first kappa shape index (κ1) is 15.3. The lowest BCUT2D eigenvalue weighted by Gasteiger charge is -2.47. The van der Waals surface area contributed by atoms with Crippen LogP contribution in [-0.2, 0) is 0 Å². The zero-order chi connectivity index (χ0) is 15.6. The number of benzene rings is 2. The largest absolute Gasteiger partial charge is 0.390 e. The van der Waals surface area contributed by atoms with Crippen LogP contribution >= 0.6 is 0 Å². The molecule has 0 spiro atoms. The van der Waals surface area contributed by atoms with Crippen LogP contribution < -0.4 is 0 Å². The first-order valence-corrected chi connectivity index (χ1v) is 8.17. The summed E-state index contributed by atoms with van der Waals surface area (Å²) in [4.78, 5) is 2.43. The highest BCUT2D eigenvalue weighted by Crippen LogP contribution is 2.46. The van der Waals surface area contributed by atoms with Gasteiger partial charge >= 0.3 is 0 Å². The summed E-state index contributed by atoms with van der Waals surface area (Å²) in [5, 5.41) is 11.0. The maximum absolute atomic E-state index is 11.0. The van der Waals surface area contributed by atoms with E-state index in [0.717, 1.165) is 19.3 Å². The van der Waals surface area contributed by atoms with Gasteiger partial charge in [0.25, 0.3) is 0 Å². The highest BCUT2D eigenvalue weighted by Gasteiger charge is 2.42. The molecule has 1 fully saturated rings. The minimum Gasteiger partial charge on any atom is -0.390 e. The lowest BCUT2D eigenvalue weighted by molar-refractivity contribution is -0.0708. The van der Waals surface area contributed by atoms with Crippen molar-refractivity contribution in [3.63, 3.8) is 0 Å². The average molecular weight is 295 g/mol. The molecule has 2 aromatic rings. The van der Waals surface area contributed by atoms with Gasteiger partial charge in [-0.2, -0.15) is 0 Å². The molecule has 0 saturated carbocycles. The normalized spacial score (nSPS) is 29.4. The molecule has 2 nitrogen and oxygen atoms in total. The molecule has 0 unspecified atom stereocenters. The molecule has 0 aromatic heterocycles. The minimum atomic E-state index is -0.590. The Kier molecular flexibility index (Phi) is 4.32. The van der Waals surface area contributed by atoms with Crippen molar-refractivity contribution in [3.05, 3.63) is 71.8 Å². The lowest BCUT2D eigenvalue weighted by Crippen LogP contribution is -2.46. The zero-order valence-electron chi connectivity index (χ0n) is 13.4. The number of aliphatic hydroxyl groups is 1. The SMILES string of the molecule is CCC1(O)C[C@@H](c2ccccc2)N(C)[C@H](c2ccccc2)C1. The van der Waals surface area contributed by atoms with E-state index in [4.69, 9.17) is 0 Å². The summed E-state index contributed by atoms with van der Waals surface area (Å²) in [5.74, 6) is 0. The molecule has 1 aliphatic rings. The molecule has 0 bridgehead atoms. The Bertz CT molecular complexity index is 546. The molecule has 1 N–H and O–H groups in total. The van der Waals surface area contributed by atoms with Crippen molar-refractivity contribution in [1.82, 2.24) is 4.90 Å². The minimum absolute atomic E-state index is 0.255. The van der Waals surface area contributed by atoms with E-state index in [1.807, 2.05) is 12.1 Å². The molecular weight excluding hydrogens is 270 g/mol. The first-order valence-electron chi connectivity index (χ1n) is 8.17. The van der Waals surface area contributed by atoms with Gasteiger partial charge in [-0.1, -0.05) is 67.6 Å². The first-order chi connectivity index (χ1) is 10.6. The van der Waals surface area contributed by atoms with E-state index in [2.05, 4.69) is 67.4 Å². The second kappa shape index (κ2) is 6.23. The maximum atomic E-state index is 11.0. The fraction of sp³-hybridized carbons (Fsp3) is 0.400. The Morgan fingerprint density at radius 2 is 1.32 bits per heavy atom. The molecule has 3 rings (SSSR count). The lowest BCUT2D eigenvalue weighted by atomic mass is 9.77. The van der Waals surface area contributed by atoms with Crippen LogP contribution in [0.3, 0.4) is 0 Å². The summed E-state index contributed by atoms with van der Waals surface area (Å²) < 4.78 is 0. The zero-order valence-corrected chi connectivity index (χ0v) is 13.4. The molecule has 1 aliphatic heterocycles. The third-order valence-electron chi connectivity index (χ3n) is 5.16. The van der Waals surface area contributed by atoms with E-state index in [9.17, 15) is 5.11 Å². The van der Waals surface area contributed by atoms with Crippen LogP contribution in [0.2, 0.25) is 0 Å². The molecule has 0 aliphatic carbocycles. The third kappa shape index (κ3) is 2.94. The van der Waals surface area contributed by atoms with Gasteiger partial charge in [-0.05, 0) is 37.4 Å². The quantitative estimate of drug-likeness (QED) is 0.910. The molecular formula is C20H25NO. The standard InChI is InChI=1S/C20H25NO/c1-3-20(22)14-18(16-10-6-4-7-11-16)21(2)19(15-20)17-12-8-5-9-13-17/h4-13,18-19,22H,3,14-15H2,1-2H3/t18-,19-/m0/s1. The van der Waals surface area contributed by atoms with Crippen molar-refractivity contribution in [2.45, 2.75) is 43.9 Å². The Morgan fingerprint density at radius 3 is 1.68 bits per heavy atom. The highest BCUT2D eigenvalue weighted by atomic mass is 16.3. The third-order valence-corrected chi connectivity index (χ3v) is 5.16. The van der Waals surface area contributed by atoms with Crippen LogP contribution in [-0.4, -0.2) is 22.7 Å². The molecule has 2 heteroatoms. The van der Waals surface area contributed by atoms with Gasteiger partial charge in [0.15, 0.2) is 0 Å². The van der Waals surface area contributed by atoms with Gasteiger partial charge in [0.2, 0.25) is 0 Å². The van der Waals surface area contributed by atoms with Gasteiger partial charge in [-0.15, -0.1) is 0 Å². The van der Waals surface area contributed by atoms with Crippen LogP contribution in [0.5, 0.6) is 0 Å². The van der Waals surface area contributed by atoms with E-state index >= 15 is 0 Å². The number of hydrogen-bond donors (Lipinski definition) is 1. The smallest absolute Gasteiger partial charge is 0.0681 e. The average Bonchev–Trinajstić information content (AvgIpc) is 2.58. The van der Waals surface area contributed by atoms with Gasteiger partial charge in [0.1, 0.15) is 0 Å². The maximum Gasteiger partial charge on any atom is 0.0681 e. The van der Waals surface area contributed by atoms with Gasteiger partial charge in [-0.25, -0.2) is 0 Å². The second-order valence-electron chi connectivity index (χ2n) is 6.50. The molecule has 1 heterocycles. The Labute approximate surface area is 133 Å². The van der Waals surface area contributed by atoms with E-state index in [1.165, 1.54) is 11.1 Å². The Hall–Kier alpha value is -1.64. The fourth-order valence-electron chi connectivity index (χ4n) is 3.65. The second-order valence-corrected chi connectivity index (χ2v) is 6.50. The molecule has 2 atom stereocenters. The number of rotatable bonds is 3. The summed E-state index contributed by atoms with van der Waals surface area (Å²) in [6.45, 7) is 2.09. The van der Waals surface area contributed by atoms with Gasteiger partial charge in [0.05, 0.1) is 5.60 Å². The van der Waals surface area contributed by atoms with Gasteiger partial charge in [0, 0.05) is 12.1 Å². The summed E-state index contributed by atoms with van der Waals surface area (Å²) in [6, 6.07) is 21.6. The van der Waals surface area contributed by atoms with E-state index in [-0.39, 0.29) is 12.1 Å². The molecule has 116 valence electrons. The van der Waals surface area contributed by atoms with Crippen LogP contribution in [0, 0.1) is 0 Å². The molecule has 2 aromatic carbocycles. The van der Waals surface area contributed by atoms with E-state index in [1.54, 1.807) is 0 Å². The monoisotopic (exact) mass is 295 g/mol. The van der Waals surface area contributed by atoms with Crippen LogP contribution in [0.4, 0.5) is 0 Å². The van der Waals surface area contributed by atoms with Crippen molar-refractivity contribution in [2.75, 3.05) is 7.05 Å². The molecule has 22 heavy (non-hydrogen) atoms. The topological polar surface area (TPSA) is 23.5 Å². The van der Waals surface area contributed by atoms with Crippen LogP contribution in [0.25, 0.3) is 0 Å². The summed E-state index contributed by atoms with van der Waals surface area (Å²) in [7, 11) is 2.19. The number of hydrogen-bond acceptors (Lipinski definition) is 2. The van der Waals surface area contributed by atoms with Crippen molar-refractivity contribution in [3.8, 4) is 0 Å². The summed E-state index contributed by atoms with van der Waals surface area (Å²) >= 11 is 0. The van der Waals surface area contributed by atoms with E-state index < -0.39 is 5.60 Å².